The molecule has 0 aliphatic rings. The minimum absolute atomic E-state index is 0.392. The van der Waals surface area contributed by atoms with Gasteiger partial charge in [0, 0.05) is 14.3 Å². The number of hydrogen-bond acceptors (Lipinski definition) is 2. The van der Waals surface area contributed by atoms with Crippen molar-refractivity contribution in [2.75, 3.05) is 0 Å². The molecule has 1 N–H and O–H groups in total. The molecular formula is C15H15BrOS. The summed E-state index contributed by atoms with van der Waals surface area (Å²) < 4.78 is 1.08. The highest BCUT2D eigenvalue weighted by atomic mass is 79.9. The van der Waals surface area contributed by atoms with E-state index in [0.717, 1.165) is 26.2 Å². The van der Waals surface area contributed by atoms with Crippen molar-refractivity contribution in [2.24, 2.45) is 0 Å². The maximum absolute atomic E-state index is 10.0. The molecule has 0 aromatic heterocycles. The second-order valence-electron chi connectivity index (χ2n) is 3.99. The lowest BCUT2D eigenvalue weighted by Gasteiger charge is -2.14. The zero-order chi connectivity index (χ0) is 13.0. The van der Waals surface area contributed by atoms with Crippen LogP contribution in [0.3, 0.4) is 0 Å². The van der Waals surface area contributed by atoms with Crippen LogP contribution in [0.4, 0.5) is 0 Å². The molecule has 1 nitrogen and oxygen atoms in total. The molecule has 0 amide bonds. The molecule has 2 aromatic carbocycles. The van der Waals surface area contributed by atoms with E-state index < -0.39 is 6.10 Å². The molecule has 0 spiro atoms. The van der Waals surface area contributed by atoms with Crippen molar-refractivity contribution >= 4 is 27.7 Å². The quantitative estimate of drug-likeness (QED) is 0.850. The summed E-state index contributed by atoms with van der Waals surface area (Å²) in [5.74, 6) is 0. The van der Waals surface area contributed by atoms with E-state index in [1.54, 1.807) is 11.8 Å². The van der Waals surface area contributed by atoms with Gasteiger partial charge < -0.3 is 5.11 Å². The molecule has 94 valence electrons. The predicted molar refractivity (Wildman–Crippen MR) is 80.0 cm³/mol. The summed E-state index contributed by atoms with van der Waals surface area (Å²) in [6.07, 6.45) is 0.337. The van der Waals surface area contributed by atoms with Gasteiger partial charge in [-0.05, 0) is 46.1 Å². The fraction of sp³-hybridized carbons (Fsp3) is 0.200. The SMILES string of the molecule is CCC(O)c1ccccc1Sc1ccccc1Br. The molecule has 0 radical (unpaired) electrons. The lowest BCUT2D eigenvalue weighted by molar-refractivity contribution is 0.171. The lowest BCUT2D eigenvalue weighted by atomic mass is 10.1. The smallest absolute Gasteiger partial charge is 0.0798 e. The first-order valence-corrected chi connectivity index (χ1v) is 7.52. The van der Waals surface area contributed by atoms with Gasteiger partial charge in [0.15, 0.2) is 0 Å². The van der Waals surface area contributed by atoms with Crippen LogP contribution in [0, 0.1) is 0 Å². The Bertz CT molecular complexity index is 527. The Morgan fingerprint density at radius 3 is 2.33 bits per heavy atom. The summed E-state index contributed by atoms with van der Waals surface area (Å²) in [5, 5.41) is 10.0. The van der Waals surface area contributed by atoms with Crippen molar-refractivity contribution in [3.05, 3.63) is 58.6 Å². The number of rotatable bonds is 4. The van der Waals surface area contributed by atoms with Gasteiger partial charge in [-0.15, -0.1) is 0 Å². The molecule has 18 heavy (non-hydrogen) atoms. The second-order valence-corrected chi connectivity index (χ2v) is 5.93. The van der Waals surface area contributed by atoms with Crippen LogP contribution in [0.2, 0.25) is 0 Å². The van der Waals surface area contributed by atoms with Crippen molar-refractivity contribution in [3.63, 3.8) is 0 Å². The topological polar surface area (TPSA) is 20.2 Å². The number of aliphatic hydroxyl groups is 1. The van der Waals surface area contributed by atoms with Crippen LogP contribution in [0.25, 0.3) is 0 Å². The van der Waals surface area contributed by atoms with Crippen LogP contribution >= 0.6 is 27.7 Å². The van der Waals surface area contributed by atoms with Gasteiger partial charge in [0.05, 0.1) is 6.10 Å². The van der Waals surface area contributed by atoms with Crippen molar-refractivity contribution in [2.45, 2.75) is 29.2 Å². The van der Waals surface area contributed by atoms with Gasteiger partial charge in [-0.1, -0.05) is 49.0 Å². The molecule has 0 saturated heterocycles. The number of benzene rings is 2. The molecule has 2 rings (SSSR count). The maximum Gasteiger partial charge on any atom is 0.0798 e. The van der Waals surface area contributed by atoms with Crippen LogP contribution in [0.15, 0.2) is 62.8 Å². The van der Waals surface area contributed by atoms with Gasteiger partial charge in [-0.3, -0.25) is 0 Å². The maximum atomic E-state index is 10.0. The van der Waals surface area contributed by atoms with Crippen molar-refractivity contribution in [1.82, 2.24) is 0 Å². The molecule has 2 aromatic rings. The number of aliphatic hydroxyl groups excluding tert-OH is 1. The molecule has 3 heteroatoms. The second kappa shape index (κ2) is 6.41. The minimum Gasteiger partial charge on any atom is -0.388 e. The Hall–Kier alpha value is -0.770. The van der Waals surface area contributed by atoms with Crippen molar-refractivity contribution < 1.29 is 5.11 Å². The molecule has 0 bridgehead atoms. The summed E-state index contributed by atoms with van der Waals surface area (Å²) in [7, 11) is 0. The van der Waals surface area contributed by atoms with Gasteiger partial charge in [0.2, 0.25) is 0 Å². The minimum atomic E-state index is -0.392. The largest absolute Gasteiger partial charge is 0.388 e. The first-order chi connectivity index (χ1) is 8.72. The van der Waals surface area contributed by atoms with Crippen LogP contribution in [-0.2, 0) is 0 Å². The normalized spacial score (nSPS) is 12.4. The van der Waals surface area contributed by atoms with E-state index in [4.69, 9.17) is 0 Å². The Labute approximate surface area is 120 Å². The zero-order valence-electron chi connectivity index (χ0n) is 10.1. The standard InChI is InChI=1S/C15H15BrOS/c1-2-13(17)11-7-3-5-9-14(11)18-15-10-6-4-8-12(15)16/h3-10,13,17H,2H2,1H3. The van der Waals surface area contributed by atoms with E-state index in [2.05, 4.69) is 28.1 Å². The Kier molecular flexibility index (Phi) is 4.87. The fourth-order valence-corrected chi connectivity index (χ4v) is 3.26. The first kappa shape index (κ1) is 13.7. The van der Waals surface area contributed by atoms with Crippen LogP contribution < -0.4 is 0 Å². The molecule has 1 atom stereocenters. The summed E-state index contributed by atoms with van der Waals surface area (Å²) in [5.41, 5.74) is 1.00. The highest BCUT2D eigenvalue weighted by Gasteiger charge is 2.11. The third-order valence-corrected chi connectivity index (χ3v) is 4.84. The molecular weight excluding hydrogens is 308 g/mol. The van der Waals surface area contributed by atoms with E-state index in [0.29, 0.717) is 0 Å². The van der Waals surface area contributed by atoms with E-state index in [-0.39, 0.29) is 0 Å². The summed E-state index contributed by atoms with van der Waals surface area (Å²) >= 11 is 5.23. The van der Waals surface area contributed by atoms with Crippen LogP contribution in [-0.4, -0.2) is 5.11 Å². The summed E-state index contributed by atoms with van der Waals surface area (Å²) in [6, 6.07) is 16.1. The highest BCUT2D eigenvalue weighted by Crippen LogP contribution is 2.37. The monoisotopic (exact) mass is 322 g/mol. The van der Waals surface area contributed by atoms with E-state index in [1.165, 1.54) is 0 Å². The molecule has 1 unspecified atom stereocenters. The van der Waals surface area contributed by atoms with Gasteiger partial charge >= 0.3 is 0 Å². The molecule has 0 aliphatic carbocycles. The first-order valence-electron chi connectivity index (χ1n) is 5.91. The average molecular weight is 323 g/mol. The van der Waals surface area contributed by atoms with Crippen molar-refractivity contribution in [3.8, 4) is 0 Å². The Morgan fingerprint density at radius 2 is 1.67 bits per heavy atom. The number of halogens is 1. The third-order valence-electron chi connectivity index (χ3n) is 2.72. The van der Waals surface area contributed by atoms with E-state index in [9.17, 15) is 5.11 Å². The highest BCUT2D eigenvalue weighted by molar-refractivity contribution is 9.10. The van der Waals surface area contributed by atoms with Crippen LogP contribution in [0.1, 0.15) is 25.0 Å². The lowest BCUT2D eigenvalue weighted by Crippen LogP contribution is -1.97. The zero-order valence-corrected chi connectivity index (χ0v) is 12.5. The average Bonchev–Trinajstić information content (AvgIpc) is 2.41. The predicted octanol–water partition coefficient (Wildman–Crippen LogP) is 5.04. The Balaban J connectivity index is 2.32. The molecule has 0 heterocycles. The Morgan fingerprint density at radius 1 is 1.06 bits per heavy atom. The van der Waals surface area contributed by atoms with E-state index >= 15 is 0 Å². The number of hydrogen-bond donors (Lipinski definition) is 1. The van der Waals surface area contributed by atoms with E-state index in [1.807, 2.05) is 43.3 Å². The molecule has 0 fully saturated rings. The molecule has 0 aliphatic heterocycles. The third kappa shape index (κ3) is 3.16. The van der Waals surface area contributed by atoms with Gasteiger partial charge in [0.1, 0.15) is 0 Å². The fourth-order valence-electron chi connectivity index (χ4n) is 1.71. The van der Waals surface area contributed by atoms with Gasteiger partial charge in [-0.25, -0.2) is 0 Å². The van der Waals surface area contributed by atoms with Crippen molar-refractivity contribution in [1.29, 1.82) is 0 Å². The molecule has 0 saturated carbocycles. The van der Waals surface area contributed by atoms with Crippen LogP contribution in [0.5, 0.6) is 0 Å². The van der Waals surface area contributed by atoms with Gasteiger partial charge in [-0.2, -0.15) is 0 Å². The summed E-state index contributed by atoms with van der Waals surface area (Å²) in [6.45, 7) is 1.99. The summed E-state index contributed by atoms with van der Waals surface area (Å²) in [4.78, 5) is 2.27. The van der Waals surface area contributed by atoms with Gasteiger partial charge in [0.25, 0.3) is 0 Å².